The highest BCUT2D eigenvalue weighted by Crippen LogP contribution is 2.17. The van der Waals surface area contributed by atoms with Gasteiger partial charge in [-0.05, 0) is 56.2 Å². The maximum atomic E-state index is 12.7. The number of rotatable bonds is 3. The van der Waals surface area contributed by atoms with Crippen molar-refractivity contribution in [3.8, 4) is 0 Å². The van der Waals surface area contributed by atoms with E-state index in [1.165, 1.54) is 6.92 Å². The number of nitrogens with zero attached hydrogens (tertiary/aromatic N) is 3. The lowest BCUT2D eigenvalue weighted by Crippen LogP contribution is -2.32. The zero-order valence-electron chi connectivity index (χ0n) is 14.4. The van der Waals surface area contributed by atoms with Crippen LogP contribution in [0.2, 0.25) is 0 Å². The Morgan fingerprint density at radius 2 is 1.92 bits per heavy atom. The number of fused-ring (bicyclic) bond motifs is 2. The Bertz CT molecular complexity index is 1080. The average Bonchev–Trinajstić information content (AvgIpc) is 2.67. The summed E-state index contributed by atoms with van der Waals surface area (Å²) in [6.07, 6.45) is 1.60. The Morgan fingerprint density at radius 1 is 1.15 bits per heavy atom. The number of Topliss-reactive ketones (excluding diaryl/α,β-unsaturated/α-hetero) is 1. The highest BCUT2D eigenvalue weighted by Gasteiger charge is 2.20. The Morgan fingerprint density at radius 3 is 2.69 bits per heavy atom. The maximum absolute atomic E-state index is 12.7. The first-order valence-corrected chi connectivity index (χ1v) is 8.57. The number of hydrogen-bond donors (Lipinski definition) is 1. The molecule has 1 aliphatic heterocycles. The Labute approximate surface area is 150 Å². The lowest BCUT2D eigenvalue weighted by Gasteiger charge is -2.19. The molecule has 1 aromatic heterocycles. The van der Waals surface area contributed by atoms with Crippen molar-refractivity contribution < 1.29 is 4.79 Å². The van der Waals surface area contributed by atoms with Crippen molar-refractivity contribution in [3.63, 3.8) is 0 Å². The first-order valence-electron chi connectivity index (χ1n) is 8.57. The minimum Gasteiger partial charge on any atom is -0.295 e. The van der Waals surface area contributed by atoms with Gasteiger partial charge in [-0.15, -0.1) is 0 Å². The van der Waals surface area contributed by atoms with Crippen LogP contribution in [0.5, 0.6) is 0 Å². The number of carbonyl (C=O) groups excluding carboxylic acids is 1. The molecule has 0 saturated heterocycles. The van der Waals surface area contributed by atoms with Crippen molar-refractivity contribution in [2.24, 2.45) is 5.10 Å². The minimum absolute atomic E-state index is 0.0242. The number of anilines is 1. The molecule has 2 heterocycles. The second-order valence-corrected chi connectivity index (χ2v) is 6.32. The predicted molar refractivity (Wildman–Crippen MR) is 102 cm³/mol. The van der Waals surface area contributed by atoms with Gasteiger partial charge in [0.2, 0.25) is 0 Å². The quantitative estimate of drug-likeness (QED) is 0.584. The molecule has 130 valence electrons. The van der Waals surface area contributed by atoms with Crippen LogP contribution in [0.4, 0.5) is 5.69 Å². The highest BCUT2D eigenvalue weighted by atomic mass is 16.1. The number of hydrazone groups is 1. The predicted octanol–water partition coefficient (Wildman–Crippen LogP) is 3.21. The third kappa shape index (κ3) is 2.90. The van der Waals surface area contributed by atoms with E-state index in [1.807, 2.05) is 30.3 Å². The third-order valence-corrected chi connectivity index (χ3v) is 4.53. The number of para-hydroxylation sites is 1. The molecule has 1 aliphatic rings. The molecule has 0 aliphatic carbocycles. The summed E-state index contributed by atoms with van der Waals surface area (Å²) < 4.78 is 1.70. The Kier molecular flexibility index (Phi) is 4.08. The van der Waals surface area contributed by atoms with Crippen molar-refractivity contribution in [3.05, 3.63) is 70.3 Å². The number of hydrogen-bond acceptors (Lipinski definition) is 5. The van der Waals surface area contributed by atoms with Crippen LogP contribution in [0, 0.1) is 0 Å². The van der Waals surface area contributed by atoms with Crippen LogP contribution >= 0.6 is 0 Å². The van der Waals surface area contributed by atoms with Crippen molar-refractivity contribution in [2.45, 2.75) is 26.3 Å². The van der Waals surface area contributed by atoms with Crippen LogP contribution < -0.4 is 11.0 Å². The largest absolute Gasteiger partial charge is 0.295 e. The summed E-state index contributed by atoms with van der Waals surface area (Å²) in [4.78, 5) is 28.7. The van der Waals surface area contributed by atoms with Crippen molar-refractivity contribution in [2.75, 3.05) is 5.43 Å². The minimum atomic E-state index is -0.0242. The third-order valence-electron chi connectivity index (χ3n) is 4.53. The van der Waals surface area contributed by atoms with E-state index in [-0.39, 0.29) is 11.3 Å². The molecule has 1 N–H and O–H groups in total. The summed E-state index contributed by atoms with van der Waals surface area (Å²) in [7, 11) is 0. The van der Waals surface area contributed by atoms with Crippen molar-refractivity contribution >= 4 is 28.1 Å². The number of aromatic nitrogens is 2. The van der Waals surface area contributed by atoms with Gasteiger partial charge < -0.3 is 0 Å². The molecule has 4 rings (SSSR count). The first-order chi connectivity index (χ1) is 12.6. The fraction of sp³-hybridized carbons (Fsp3) is 0.200. The second kappa shape index (κ2) is 6.55. The lowest BCUT2D eigenvalue weighted by atomic mass is 10.1. The number of carbonyl (C=O) groups is 1. The molecule has 0 fully saturated rings. The van der Waals surface area contributed by atoms with Gasteiger partial charge in [0.1, 0.15) is 5.71 Å². The van der Waals surface area contributed by atoms with Gasteiger partial charge in [-0.3, -0.25) is 19.6 Å². The summed E-state index contributed by atoms with van der Waals surface area (Å²) in [5, 5.41) is 5.11. The van der Waals surface area contributed by atoms with Crippen LogP contribution in [0.1, 0.15) is 35.9 Å². The topological polar surface area (TPSA) is 76.3 Å². The van der Waals surface area contributed by atoms with E-state index >= 15 is 0 Å². The smallest absolute Gasteiger partial charge is 0.261 e. The zero-order chi connectivity index (χ0) is 18.1. The molecule has 0 bridgehead atoms. The molecule has 2 aromatic carbocycles. The summed E-state index contributed by atoms with van der Waals surface area (Å²) in [5.74, 6) is 0.646. The van der Waals surface area contributed by atoms with E-state index in [0.717, 1.165) is 24.2 Å². The van der Waals surface area contributed by atoms with Crippen LogP contribution in [-0.4, -0.2) is 21.0 Å². The number of benzene rings is 2. The van der Waals surface area contributed by atoms with E-state index in [4.69, 9.17) is 0 Å². The van der Waals surface area contributed by atoms with Crippen LogP contribution in [0.25, 0.3) is 10.9 Å². The molecule has 6 heteroatoms. The molecule has 0 amide bonds. The SMILES string of the molecule is CC(=O)c1ccc(N/N=C2/CCCn3c2nc2ccccc2c3=O)cc1. The molecule has 0 spiro atoms. The molecule has 0 radical (unpaired) electrons. The van der Waals surface area contributed by atoms with Gasteiger partial charge in [0.15, 0.2) is 11.6 Å². The van der Waals surface area contributed by atoms with Crippen LogP contribution in [0.15, 0.2) is 58.4 Å². The molecule has 0 saturated carbocycles. The van der Waals surface area contributed by atoms with Crippen LogP contribution in [0.3, 0.4) is 0 Å². The van der Waals surface area contributed by atoms with Gasteiger partial charge in [0.05, 0.1) is 16.6 Å². The van der Waals surface area contributed by atoms with E-state index < -0.39 is 0 Å². The maximum Gasteiger partial charge on any atom is 0.261 e. The Hall–Kier alpha value is -3.28. The summed E-state index contributed by atoms with van der Waals surface area (Å²) in [6.45, 7) is 2.19. The van der Waals surface area contributed by atoms with Crippen molar-refractivity contribution in [1.82, 2.24) is 9.55 Å². The molecule has 0 atom stereocenters. The van der Waals surface area contributed by atoms with E-state index in [2.05, 4.69) is 15.5 Å². The lowest BCUT2D eigenvalue weighted by molar-refractivity contribution is 0.101. The van der Waals surface area contributed by atoms with Gasteiger partial charge in [-0.2, -0.15) is 5.10 Å². The average molecular weight is 346 g/mol. The number of nitrogens with one attached hydrogen (secondary N) is 1. The molecule has 3 aromatic rings. The van der Waals surface area contributed by atoms with Crippen LogP contribution in [-0.2, 0) is 6.54 Å². The molecular weight excluding hydrogens is 328 g/mol. The van der Waals surface area contributed by atoms with Gasteiger partial charge in [0, 0.05) is 12.1 Å². The summed E-state index contributed by atoms with van der Waals surface area (Å²) >= 11 is 0. The number of ketones is 1. The van der Waals surface area contributed by atoms with Gasteiger partial charge in [-0.25, -0.2) is 4.98 Å². The standard InChI is InChI=1S/C20H18N4O2/c1-13(25)14-8-10-15(11-9-14)22-23-18-7-4-12-24-19(18)21-17-6-3-2-5-16(17)20(24)26/h2-3,5-6,8-11,22H,4,7,12H2,1H3/b23-18-. The Balaban J connectivity index is 1.70. The van der Waals surface area contributed by atoms with Gasteiger partial charge >= 0.3 is 0 Å². The van der Waals surface area contributed by atoms with E-state index in [1.54, 1.807) is 22.8 Å². The normalized spacial score (nSPS) is 15.0. The van der Waals surface area contributed by atoms with Gasteiger partial charge in [-0.1, -0.05) is 12.1 Å². The first kappa shape index (κ1) is 16.2. The molecule has 26 heavy (non-hydrogen) atoms. The fourth-order valence-corrected chi connectivity index (χ4v) is 3.13. The molecule has 0 unspecified atom stereocenters. The van der Waals surface area contributed by atoms with E-state index in [0.29, 0.717) is 28.8 Å². The highest BCUT2D eigenvalue weighted by molar-refractivity contribution is 6.00. The fourth-order valence-electron chi connectivity index (χ4n) is 3.13. The summed E-state index contributed by atoms with van der Waals surface area (Å²) in [6, 6.07) is 14.5. The molecular formula is C20H18N4O2. The van der Waals surface area contributed by atoms with Gasteiger partial charge in [0.25, 0.3) is 5.56 Å². The van der Waals surface area contributed by atoms with E-state index in [9.17, 15) is 9.59 Å². The monoisotopic (exact) mass is 346 g/mol. The van der Waals surface area contributed by atoms with Crippen molar-refractivity contribution in [1.29, 1.82) is 0 Å². The zero-order valence-corrected chi connectivity index (χ0v) is 14.4. The molecule has 6 nitrogen and oxygen atoms in total. The second-order valence-electron chi connectivity index (χ2n) is 6.32. The summed E-state index contributed by atoms with van der Waals surface area (Å²) in [5.41, 5.74) is 5.87.